The van der Waals surface area contributed by atoms with Crippen molar-refractivity contribution in [3.63, 3.8) is 0 Å². The van der Waals surface area contributed by atoms with Gasteiger partial charge >= 0.3 is 6.61 Å². The third-order valence-electron chi connectivity index (χ3n) is 5.21. The molecule has 0 saturated heterocycles. The largest absolute Gasteiger partial charge is 0.435 e. The Morgan fingerprint density at radius 3 is 2.44 bits per heavy atom. The molecule has 0 amide bonds. The molecule has 0 atom stereocenters. The summed E-state index contributed by atoms with van der Waals surface area (Å²) in [5.41, 5.74) is 8.16. The van der Waals surface area contributed by atoms with Crippen molar-refractivity contribution in [3.05, 3.63) is 53.6 Å². The van der Waals surface area contributed by atoms with E-state index in [4.69, 9.17) is 5.73 Å². The molecule has 3 N–H and O–H groups in total. The Morgan fingerprint density at radius 1 is 1.11 bits per heavy atom. The zero-order valence-electron chi connectivity index (χ0n) is 14.3. The Balaban J connectivity index is 1.80. The van der Waals surface area contributed by atoms with Crippen LogP contribution in [-0.4, -0.2) is 18.1 Å². The number of fused-ring (bicyclic) bond motifs is 1. The predicted octanol–water partition coefficient (Wildman–Crippen LogP) is 5.17. The van der Waals surface area contributed by atoms with Crippen LogP contribution < -0.4 is 10.5 Å². The van der Waals surface area contributed by atoms with Crippen LogP contribution >= 0.6 is 0 Å². The molecule has 0 spiro atoms. The van der Waals surface area contributed by atoms with E-state index in [9.17, 15) is 17.6 Å². The summed E-state index contributed by atoms with van der Waals surface area (Å²) in [6.45, 7) is -2.32. The minimum absolute atomic E-state index is 0.0375. The maximum absolute atomic E-state index is 14.3. The van der Waals surface area contributed by atoms with Crippen LogP contribution in [0.15, 0.2) is 36.4 Å². The molecule has 2 aromatic carbocycles. The predicted molar refractivity (Wildman–Crippen MR) is 94.8 cm³/mol. The first-order valence-electron chi connectivity index (χ1n) is 8.72. The van der Waals surface area contributed by atoms with Crippen LogP contribution in [0, 0.1) is 17.6 Å². The van der Waals surface area contributed by atoms with Gasteiger partial charge < -0.3 is 15.5 Å². The minimum atomic E-state index is -2.90. The Hall–Kier alpha value is -2.54. The summed E-state index contributed by atoms with van der Waals surface area (Å²) in [4.78, 5) is 3.06. The Bertz CT molecular complexity index is 962. The number of rotatable bonds is 5. The molecule has 142 valence electrons. The van der Waals surface area contributed by atoms with E-state index in [0.29, 0.717) is 29.1 Å². The van der Waals surface area contributed by atoms with Gasteiger partial charge in [0.25, 0.3) is 0 Å². The van der Waals surface area contributed by atoms with E-state index >= 15 is 0 Å². The van der Waals surface area contributed by atoms with Gasteiger partial charge in [-0.05, 0) is 72.7 Å². The maximum atomic E-state index is 14.3. The molecule has 27 heavy (non-hydrogen) atoms. The summed E-state index contributed by atoms with van der Waals surface area (Å²) < 4.78 is 57.2. The zero-order valence-corrected chi connectivity index (χ0v) is 14.3. The average molecular weight is 378 g/mol. The van der Waals surface area contributed by atoms with Crippen molar-refractivity contribution in [2.24, 2.45) is 11.7 Å². The molecule has 3 aromatic rings. The van der Waals surface area contributed by atoms with Gasteiger partial charge in [-0.15, -0.1) is 0 Å². The van der Waals surface area contributed by atoms with Gasteiger partial charge in [-0.3, -0.25) is 0 Å². The highest BCUT2D eigenvalue weighted by atomic mass is 19.3. The Kier molecular flexibility index (Phi) is 4.55. The number of hydrogen-bond donors (Lipinski definition) is 2. The van der Waals surface area contributed by atoms with E-state index in [1.165, 1.54) is 18.2 Å². The number of halogens is 4. The van der Waals surface area contributed by atoms with Crippen LogP contribution in [0.3, 0.4) is 0 Å². The lowest BCUT2D eigenvalue weighted by molar-refractivity contribution is -0.0498. The van der Waals surface area contributed by atoms with Crippen molar-refractivity contribution in [1.29, 1.82) is 0 Å². The first-order valence-corrected chi connectivity index (χ1v) is 8.72. The van der Waals surface area contributed by atoms with Crippen LogP contribution in [0.5, 0.6) is 5.75 Å². The first-order chi connectivity index (χ1) is 13.0. The van der Waals surface area contributed by atoms with Gasteiger partial charge in [0, 0.05) is 11.5 Å². The summed E-state index contributed by atoms with van der Waals surface area (Å²) in [6, 6.07) is 8.28. The summed E-state index contributed by atoms with van der Waals surface area (Å²) in [7, 11) is 0. The fraction of sp³-hybridized carbons (Fsp3) is 0.300. The van der Waals surface area contributed by atoms with Crippen LogP contribution in [0.1, 0.15) is 24.3 Å². The van der Waals surface area contributed by atoms with Gasteiger partial charge in [-0.2, -0.15) is 8.78 Å². The lowest BCUT2D eigenvalue weighted by atomic mass is 9.70. The highest BCUT2D eigenvalue weighted by molar-refractivity contribution is 5.92. The highest BCUT2D eigenvalue weighted by Gasteiger charge is 2.33. The van der Waals surface area contributed by atoms with Crippen molar-refractivity contribution in [2.45, 2.75) is 25.4 Å². The number of benzene rings is 2. The molecule has 1 heterocycles. The topological polar surface area (TPSA) is 51.0 Å². The van der Waals surface area contributed by atoms with E-state index < -0.39 is 18.2 Å². The van der Waals surface area contributed by atoms with Gasteiger partial charge in [0.15, 0.2) is 0 Å². The number of nitrogens with one attached hydrogen (secondary N) is 1. The van der Waals surface area contributed by atoms with Gasteiger partial charge in [0.2, 0.25) is 0 Å². The molecule has 1 saturated carbocycles. The number of ether oxygens (including phenoxy) is 1. The number of aromatic amines is 1. The molecule has 1 aliphatic rings. The van der Waals surface area contributed by atoms with Crippen molar-refractivity contribution >= 4 is 10.9 Å². The first kappa shape index (κ1) is 17.9. The smallest absolute Gasteiger partial charge is 0.387 e. The van der Waals surface area contributed by atoms with Crippen LogP contribution in [-0.2, 0) is 0 Å². The lowest BCUT2D eigenvalue weighted by Gasteiger charge is -2.35. The highest BCUT2D eigenvalue weighted by Crippen LogP contribution is 2.48. The Labute approximate surface area is 153 Å². The molecule has 1 aromatic heterocycles. The molecule has 3 nitrogen and oxygen atoms in total. The molecule has 0 bridgehead atoms. The molecule has 0 radical (unpaired) electrons. The number of alkyl halides is 2. The molecule has 0 unspecified atom stereocenters. The van der Waals surface area contributed by atoms with E-state index in [-0.39, 0.29) is 17.2 Å². The third kappa shape index (κ3) is 3.27. The van der Waals surface area contributed by atoms with Crippen molar-refractivity contribution < 1.29 is 22.3 Å². The average Bonchev–Trinajstić information content (AvgIpc) is 2.94. The lowest BCUT2D eigenvalue weighted by Crippen LogP contribution is -2.28. The van der Waals surface area contributed by atoms with Gasteiger partial charge in [0.05, 0.1) is 11.2 Å². The number of hydrogen-bond acceptors (Lipinski definition) is 2. The Morgan fingerprint density at radius 2 is 1.81 bits per heavy atom. The van der Waals surface area contributed by atoms with Crippen LogP contribution in [0.2, 0.25) is 0 Å². The molecule has 1 aliphatic carbocycles. The number of aromatic nitrogens is 1. The third-order valence-corrected chi connectivity index (χ3v) is 5.21. The van der Waals surface area contributed by atoms with Crippen LogP contribution in [0.4, 0.5) is 17.6 Å². The molecule has 0 aliphatic heterocycles. The quantitative estimate of drug-likeness (QED) is 0.602. The van der Waals surface area contributed by atoms with Gasteiger partial charge in [0.1, 0.15) is 17.4 Å². The van der Waals surface area contributed by atoms with Gasteiger partial charge in [-0.1, -0.05) is 0 Å². The molecular weight excluding hydrogens is 360 g/mol. The maximum Gasteiger partial charge on any atom is 0.387 e. The fourth-order valence-electron chi connectivity index (χ4n) is 3.86. The summed E-state index contributed by atoms with van der Waals surface area (Å²) in [5.74, 6) is -0.726. The van der Waals surface area contributed by atoms with E-state index in [1.54, 1.807) is 12.1 Å². The molecule has 4 rings (SSSR count). The van der Waals surface area contributed by atoms with Crippen molar-refractivity contribution in [2.75, 3.05) is 6.54 Å². The number of nitrogens with two attached hydrogens (primary N) is 1. The van der Waals surface area contributed by atoms with E-state index in [1.807, 2.05) is 0 Å². The minimum Gasteiger partial charge on any atom is -0.435 e. The van der Waals surface area contributed by atoms with E-state index in [2.05, 4.69) is 9.72 Å². The summed E-state index contributed by atoms with van der Waals surface area (Å²) in [6.07, 6.45) is 1.70. The standard InChI is InChI=1S/C20H18F4N2O/c21-13-7-15-17(12-5-10(6-12)9-25)18(26-19(15)16(22)8-13)11-1-3-14(4-2-11)27-20(23)24/h1-4,7-8,10,12,20,26H,5-6,9,25H2. The SMILES string of the molecule is NCC1CC(c2c(-c3ccc(OC(F)F)cc3)[nH]c3c(F)cc(F)cc23)C1. The zero-order chi connectivity index (χ0) is 19.1. The normalized spacial score (nSPS) is 19.5. The summed E-state index contributed by atoms with van der Waals surface area (Å²) in [5, 5.41) is 0.510. The van der Waals surface area contributed by atoms with E-state index in [0.717, 1.165) is 24.5 Å². The molecule has 1 fully saturated rings. The summed E-state index contributed by atoms with van der Waals surface area (Å²) >= 11 is 0. The second kappa shape index (κ2) is 6.88. The van der Waals surface area contributed by atoms with Gasteiger partial charge in [-0.25, -0.2) is 8.78 Å². The monoisotopic (exact) mass is 378 g/mol. The second-order valence-corrected chi connectivity index (χ2v) is 6.90. The van der Waals surface area contributed by atoms with Crippen molar-refractivity contribution in [3.8, 4) is 17.0 Å². The number of H-pyrrole nitrogens is 1. The van der Waals surface area contributed by atoms with Crippen molar-refractivity contribution in [1.82, 2.24) is 4.98 Å². The fourth-order valence-corrected chi connectivity index (χ4v) is 3.86. The molecule has 7 heteroatoms. The molecular formula is C20H18F4N2O. The second-order valence-electron chi connectivity index (χ2n) is 6.90. The van der Waals surface area contributed by atoms with Crippen LogP contribution in [0.25, 0.3) is 22.2 Å².